The Hall–Kier alpha value is -1.63. The molecule has 1 aromatic heterocycles. The lowest BCUT2D eigenvalue weighted by Crippen LogP contribution is -1.93. The second-order valence-corrected chi connectivity index (χ2v) is 3.32. The van der Waals surface area contributed by atoms with Gasteiger partial charge in [-0.05, 0) is 36.6 Å². The molecule has 1 aromatic carbocycles. The Morgan fingerprint density at radius 1 is 1.21 bits per heavy atom. The first-order valence-electron chi connectivity index (χ1n) is 4.72. The number of nitrogens with zero attached hydrogens (tertiary/aromatic N) is 1. The van der Waals surface area contributed by atoms with E-state index < -0.39 is 0 Å². The third-order valence-corrected chi connectivity index (χ3v) is 2.26. The Bertz CT molecular complexity index is 407. The molecule has 1 heterocycles. The molecule has 0 saturated heterocycles. The molecule has 2 rings (SSSR count). The molecule has 0 aliphatic carbocycles. The zero-order valence-corrected chi connectivity index (χ0v) is 8.20. The van der Waals surface area contributed by atoms with E-state index in [2.05, 4.69) is 35.3 Å². The largest absolute Gasteiger partial charge is 0.261 e. The fourth-order valence-corrected chi connectivity index (χ4v) is 1.45. The maximum atomic E-state index is 4.24. The van der Waals surface area contributed by atoms with Crippen LogP contribution in [0.1, 0.15) is 16.8 Å². The smallest absolute Gasteiger partial charge is 0.0414 e. The molecule has 0 amide bonds. The first kappa shape index (κ1) is 8.95. The van der Waals surface area contributed by atoms with E-state index >= 15 is 0 Å². The third-order valence-electron chi connectivity index (χ3n) is 2.26. The highest BCUT2D eigenvalue weighted by atomic mass is 14.7. The lowest BCUT2D eigenvalue weighted by Gasteiger charge is -2.03. The Labute approximate surface area is 84.4 Å². The molecule has 1 nitrogen and oxygen atoms in total. The maximum absolute atomic E-state index is 4.24. The number of benzene rings is 1. The molecule has 0 spiro atoms. The van der Waals surface area contributed by atoms with E-state index in [4.69, 9.17) is 0 Å². The Kier molecular flexibility index (Phi) is 2.59. The molecule has 2 aromatic rings. The van der Waals surface area contributed by atoms with Gasteiger partial charge in [0.1, 0.15) is 0 Å². The van der Waals surface area contributed by atoms with Gasteiger partial charge in [-0.1, -0.05) is 30.3 Å². The van der Waals surface area contributed by atoms with Gasteiger partial charge in [0.05, 0.1) is 0 Å². The molecule has 1 heteroatoms. The zero-order chi connectivity index (χ0) is 9.80. The minimum atomic E-state index is 0.917. The molecule has 0 fully saturated rings. The highest BCUT2D eigenvalue weighted by molar-refractivity contribution is 5.26. The van der Waals surface area contributed by atoms with Crippen LogP contribution in [-0.4, -0.2) is 4.98 Å². The standard InChI is InChI=1S/C13H12N/c1-11-13(8-5-9-14-11)10-12-6-3-2-4-7-12/h2-7,9H,10H2,1H3. The van der Waals surface area contributed by atoms with Crippen molar-refractivity contribution in [3.63, 3.8) is 0 Å². The van der Waals surface area contributed by atoms with Gasteiger partial charge in [-0.15, -0.1) is 0 Å². The lowest BCUT2D eigenvalue weighted by atomic mass is 10.0. The Morgan fingerprint density at radius 2 is 2.00 bits per heavy atom. The van der Waals surface area contributed by atoms with Crippen LogP contribution in [0.4, 0.5) is 0 Å². The monoisotopic (exact) mass is 182 g/mol. The van der Waals surface area contributed by atoms with Crippen LogP contribution in [0.2, 0.25) is 0 Å². The summed E-state index contributed by atoms with van der Waals surface area (Å²) in [6.45, 7) is 2.02. The molecular formula is C13H12N. The molecule has 0 aliphatic heterocycles. The Balaban J connectivity index is 2.24. The molecule has 69 valence electrons. The Morgan fingerprint density at radius 3 is 2.71 bits per heavy atom. The maximum Gasteiger partial charge on any atom is 0.0414 e. The average Bonchev–Trinajstić information content (AvgIpc) is 2.23. The van der Waals surface area contributed by atoms with Crippen LogP contribution < -0.4 is 0 Å². The van der Waals surface area contributed by atoms with Crippen molar-refractivity contribution in [1.82, 2.24) is 4.98 Å². The van der Waals surface area contributed by atoms with Gasteiger partial charge in [0, 0.05) is 11.9 Å². The van der Waals surface area contributed by atoms with Crippen molar-refractivity contribution in [3.8, 4) is 0 Å². The van der Waals surface area contributed by atoms with Gasteiger partial charge in [0.25, 0.3) is 0 Å². The normalized spacial score (nSPS) is 10.1. The van der Waals surface area contributed by atoms with Crippen LogP contribution in [0.3, 0.4) is 0 Å². The van der Waals surface area contributed by atoms with Gasteiger partial charge in [-0.25, -0.2) is 0 Å². The van der Waals surface area contributed by atoms with Crippen molar-refractivity contribution in [2.24, 2.45) is 0 Å². The number of pyridine rings is 1. The molecule has 0 N–H and O–H groups in total. The third kappa shape index (κ3) is 1.99. The summed E-state index contributed by atoms with van der Waals surface area (Å²) in [5, 5.41) is 0. The van der Waals surface area contributed by atoms with Gasteiger partial charge in [-0.2, -0.15) is 0 Å². The van der Waals surface area contributed by atoms with Crippen LogP contribution >= 0.6 is 0 Å². The average molecular weight is 182 g/mol. The van der Waals surface area contributed by atoms with Crippen LogP contribution in [0.15, 0.2) is 42.6 Å². The number of aromatic nitrogens is 1. The predicted molar refractivity (Wildman–Crippen MR) is 57.1 cm³/mol. The molecule has 0 bridgehead atoms. The quantitative estimate of drug-likeness (QED) is 0.696. The molecule has 14 heavy (non-hydrogen) atoms. The van der Waals surface area contributed by atoms with E-state index in [0.717, 1.165) is 12.1 Å². The van der Waals surface area contributed by atoms with E-state index in [-0.39, 0.29) is 0 Å². The summed E-state index contributed by atoms with van der Waals surface area (Å²) >= 11 is 0. The summed E-state index contributed by atoms with van der Waals surface area (Å²) in [7, 11) is 0. The van der Waals surface area contributed by atoms with Crippen molar-refractivity contribution in [3.05, 3.63) is 65.5 Å². The molecule has 0 atom stereocenters. The van der Waals surface area contributed by atoms with E-state index in [1.54, 1.807) is 6.20 Å². The molecule has 0 aliphatic rings. The minimum absolute atomic E-state index is 0.917. The van der Waals surface area contributed by atoms with Gasteiger partial charge in [0.15, 0.2) is 0 Å². The van der Waals surface area contributed by atoms with Gasteiger partial charge in [0.2, 0.25) is 0 Å². The minimum Gasteiger partial charge on any atom is -0.261 e. The molecule has 1 radical (unpaired) electrons. The van der Waals surface area contributed by atoms with Gasteiger partial charge >= 0.3 is 0 Å². The van der Waals surface area contributed by atoms with Crippen LogP contribution in [0.25, 0.3) is 0 Å². The number of hydrogen-bond donors (Lipinski definition) is 0. The first-order valence-corrected chi connectivity index (χ1v) is 4.72. The highest BCUT2D eigenvalue weighted by Gasteiger charge is 1.99. The number of aryl methyl sites for hydroxylation is 1. The van der Waals surface area contributed by atoms with E-state index in [1.807, 2.05) is 19.1 Å². The summed E-state index contributed by atoms with van der Waals surface area (Å²) in [5.41, 5.74) is 3.55. The number of hydrogen-bond acceptors (Lipinski definition) is 1. The van der Waals surface area contributed by atoms with E-state index in [1.165, 1.54) is 11.1 Å². The summed E-state index contributed by atoms with van der Waals surface area (Å²) in [5.74, 6) is 0. The molecular weight excluding hydrogens is 170 g/mol. The van der Waals surface area contributed by atoms with E-state index in [0.29, 0.717) is 0 Å². The van der Waals surface area contributed by atoms with Crippen molar-refractivity contribution in [2.45, 2.75) is 13.3 Å². The van der Waals surface area contributed by atoms with Gasteiger partial charge < -0.3 is 0 Å². The van der Waals surface area contributed by atoms with Crippen molar-refractivity contribution in [2.75, 3.05) is 0 Å². The second-order valence-electron chi connectivity index (χ2n) is 3.32. The van der Waals surface area contributed by atoms with Crippen LogP contribution in [0.5, 0.6) is 0 Å². The topological polar surface area (TPSA) is 12.9 Å². The van der Waals surface area contributed by atoms with Crippen molar-refractivity contribution < 1.29 is 0 Å². The number of rotatable bonds is 2. The van der Waals surface area contributed by atoms with Crippen molar-refractivity contribution in [1.29, 1.82) is 0 Å². The molecule has 0 unspecified atom stereocenters. The van der Waals surface area contributed by atoms with Crippen molar-refractivity contribution >= 4 is 0 Å². The van der Waals surface area contributed by atoms with E-state index in [9.17, 15) is 0 Å². The predicted octanol–water partition coefficient (Wildman–Crippen LogP) is 2.78. The fraction of sp³-hybridized carbons (Fsp3) is 0.154. The summed E-state index contributed by atoms with van der Waals surface area (Å²) in [4.78, 5) is 4.24. The first-order chi connectivity index (χ1) is 6.86. The van der Waals surface area contributed by atoms with Crippen LogP contribution in [-0.2, 0) is 6.42 Å². The zero-order valence-electron chi connectivity index (χ0n) is 8.20. The summed E-state index contributed by atoms with van der Waals surface area (Å²) in [6.07, 6.45) is 2.70. The highest BCUT2D eigenvalue weighted by Crippen LogP contribution is 2.10. The van der Waals surface area contributed by atoms with Gasteiger partial charge in [-0.3, -0.25) is 4.98 Å². The summed E-state index contributed by atoms with van der Waals surface area (Å²) in [6, 6.07) is 15.5. The molecule has 0 saturated carbocycles. The SMILES string of the molecule is Cc1ncc[c]c1Cc1ccccc1. The lowest BCUT2D eigenvalue weighted by molar-refractivity contribution is 1.07. The second kappa shape index (κ2) is 4.05. The van der Waals surface area contributed by atoms with Crippen LogP contribution in [0, 0.1) is 13.0 Å². The summed E-state index contributed by atoms with van der Waals surface area (Å²) < 4.78 is 0. The fourth-order valence-electron chi connectivity index (χ4n) is 1.45.